The number of nitrogens with zero attached hydrogens (tertiary/aromatic N) is 1. The van der Waals surface area contributed by atoms with E-state index in [4.69, 9.17) is 5.11 Å². The highest BCUT2D eigenvalue weighted by Crippen LogP contribution is 2.29. The minimum Gasteiger partial charge on any atom is -0.481 e. The highest BCUT2D eigenvalue weighted by atomic mass is 19.1. The maximum absolute atomic E-state index is 13.3. The number of carbonyl (C=O) groups is 2. The summed E-state index contributed by atoms with van der Waals surface area (Å²) in [6.45, 7) is 2.00. The standard InChI is InChI=1S/C17H14FNO3/c1-10(17(21)22)11-3-6-14(7-4-11)19-9-12-2-5-13(18)8-15(12)16(19)20/h2-8,10H,9H2,1H3,(H,21,22). The molecule has 112 valence electrons. The van der Waals surface area contributed by atoms with E-state index in [0.717, 1.165) is 5.56 Å². The summed E-state index contributed by atoms with van der Waals surface area (Å²) < 4.78 is 13.3. The molecule has 1 unspecified atom stereocenters. The van der Waals surface area contributed by atoms with E-state index in [1.54, 1.807) is 42.2 Å². The third kappa shape index (κ3) is 2.35. The monoisotopic (exact) mass is 299 g/mol. The third-order valence-corrected chi connectivity index (χ3v) is 3.95. The van der Waals surface area contributed by atoms with Crippen molar-refractivity contribution in [3.63, 3.8) is 0 Å². The molecule has 1 amide bonds. The summed E-state index contributed by atoms with van der Waals surface area (Å²) in [5.74, 6) is -2.17. The number of carboxylic acid groups (broad SMARTS) is 1. The lowest BCUT2D eigenvalue weighted by atomic mass is 10.0. The van der Waals surface area contributed by atoms with E-state index in [1.807, 2.05) is 0 Å². The quantitative estimate of drug-likeness (QED) is 0.947. The summed E-state index contributed by atoms with van der Waals surface area (Å²) >= 11 is 0. The number of aliphatic carboxylic acids is 1. The summed E-state index contributed by atoms with van der Waals surface area (Å²) in [4.78, 5) is 24.9. The number of rotatable bonds is 3. The zero-order valence-electron chi connectivity index (χ0n) is 11.9. The van der Waals surface area contributed by atoms with Crippen molar-refractivity contribution in [1.82, 2.24) is 0 Å². The Bertz CT molecular complexity index is 755. The molecule has 0 saturated carbocycles. The van der Waals surface area contributed by atoms with Gasteiger partial charge in [0.15, 0.2) is 0 Å². The molecule has 0 saturated heterocycles. The first kappa shape index (κ1) is 14.3. The van der Waals surface area contributed by atoms with Gasteiger partial charge in [-0.15, -0.1) is 0 Å². The fraction of sp³-hybridized carbons (Fsp3) is 0.176. The number of hydrogen-bond acceptors (Lipinski definition) is 2. The van der Waals surface area contributed by atoms with Gasteiger partial charge in [-0.1, -0.05) is 18.2 Å². The van der Waals surface area contributed by atoms with Gasteiger partial charge in [0.1, 0.15) is 5.82 Å². The molecular formula is C17H14FNO3. The van der Waals surface area contributed by atoms with Gasteiger partial charge in [-0.25, -0.2) is 4.39 Å². The van der Waals surface area contributed by atoms with E-state index in [9.17, 15) is 14.0 Å². The van der Waals surface area contributed by atoms with E-state index in [2.05, 4.69) is 0 Å². The van der Waals surface area contributed by atoms with Crippen LogP contribution in [0.25, 0.3) is 0 Å². The van der Waals surface area contributed by atoms with Crippen molar-refractivity contribution in [3.8, 4) is 0 Å². The van der Waals surface area contributed by atoms with Gasteiger partial charge in [-0.2, -0.15) is 0 Å². The number of carbonyl (C=O) groups excluding carboxylic acids is 1. The smallest absolute Gasteiger partial charge is 0.310 e. The second kappa shape index (κ2) is 5.26. The molecule has 1 aliphatic rings. The topological polar surface area (TPSA) is 57.6 Å². The highest BCUT2D eigenvalue weighted by Gasteiger charge is 2.28. The molecule has 1 aliphatic heterocycles. The normalized spacial score (nSPS) is 14.8. The van der Waals surface area contributed by atoms with Crippen LogP contribution < -0.4 is 4.90 Å². The summed E-state index contributed by atoms with van der Waals surface area (Å²) in [7, 11) is 0. The summed E-state index contributed by atoms with van der Waals surface area (Å²) in [6.07, 6.45) is 0. The molecule has 0 fully saturated rings. The van der Waals surface area contributed by atoms with Crippen molar-refractivity contribution in [2.45, 2.75) is 19.4 Å². The van der Waals surface area contributed by atoms with Gasteiger partial charge in [-0.3, -0.25) is 9.59 Å². The maximum Gasteiger partial charge on any atom is 0.310 e. The van der Waals surface area contributed by atoms with Gasteiger partial charge in [0, 0.05) is 11.3 Å². The predicted octanol–water partition coefficient (Wildman–Crippen LogP) is 3.17. The van der Waals surface area contributed by atoms with E-state index >= 15 is 0 Å². The molecule has 1 heterocycles. The number of amides is 1. The van der Waals surface area contributed by atoms with Crippen LogP contribution in [0.3, 0.4) is 0 Å². The maximum atomic E-state index is 13.3. The molecule has 0 aromatic heterocycles. The molecule has 0 aliphatic carbocycles. The Balaban J connectivity index is 1.87. The van der Waals surface area contributed by atoms with E-state index < -0.39 is 17.7 Å². The number of benzene rings is 2. The SMILES string of the molecule is CC(C(=O)O)c1ccc(N2Cc3ccc(F)cc3C2=O)cc1. The zero-order valence-corrected chi connectivity index (χ0v) is 11.9. The number of hydrogen-bond donors (Lipinski definition) is 1. The summed E-state index contributed by atoms with van der Waals surface area (Å²) in [5, 5.41) is 9.00. The van der Waals surface area contributed by atoms with E-state index in [0.29, 0.717) is 23.4 Å². The molecule has 3 rings (SSSR count). The average molecular weight is 299 g/mol. The molecule has 22 heavy (non-hydrogen) atoms. The van der Waals surface area contributed by atoms with Crippen LogP contribution in [0.4, 0.5) is 10.1 Å². The van der Waals surface area contributed by atoms with Gasteiger partial charge >= 0.3 is 5.97 Å². The first-order valence-corrected chi connectivity index (χ1v) is 6.90. The lowest BCUT2D eigenvalue weighted by Gasteiger charge is -2.16. The molecule has 1 N–H and O–H groups in total. The number of anilines is 1. The van der Waals surface area contributed by atoms with Crippen molar-refractivity contribution in [3.05, 3.63) is 65.0 Å². The Kier molecular flexibility index (Phi) is 3.41. The van der Waals surface area contributed by atoms with Gasteiger partial charge in [-0.05, 0) is 42.3 Å². The lowest BCUT2D eigenvalue weighted by molar-refractivity contribution is -0.138. The Morgan fingerprint density at radius 3 is 2.55 bits per heavy atom. The van der Waals surface area contributed by atoms with Crippen molar-refractivity contribution in [1.29, 1.82) is 0 Å². The van der Waals surface area contributed by atoms with E-state index in [-0.39, 0.29) is 5.91 Å². The Labute approximate surface area is 126 Å². The number of fused-ring (bicyclic) bond motifs is 1. The molecule has 2 aromatic rings. The number of halogens is 1. The fourth-order valence-corrected chi connectivity index (χ4v) is 2.57. The van der Waals surface area contributed by atoms with Crippen LogP contribution in [-0.2, 0) is 11.3 Å². The Morgan fingerprint density at radius 2 is 1.91 bits per heavy atom. The van der Waals surface area contributed by atoms with Crippen LogP contribution in [0.1, 0.15) is 34.3 Å². The molecule has 2 aromatic carbocycles. The molecule has 5 heteroatoms. The summed E-state index contributed by atoms with van der Waals surface area (Å²) in [5.41, 5.74) is 2.51. The third-order valence-electron chi connectivity index (χ3n) is 3.95. The van der Waals surface area contributed by atoms with Crippen LogP contribution >= 0.6 is 0 Å². The van der Waals surface area contributed by atoms with E-state index in [1.165, 1.54) is 12.1 Å². The van der Waals surface area contributed by atoms with Gasteiger partial charge < -0.3 is 10.0 Å². The van der Waals surface area contributed by atoms with Gasteiger partial charge in [0.2, 0.25) is 0 Å². The van der Waals surface area contributed by atoms with Crippen molar-refractivity contribution >= 4 is 17.6 Å². The van der Waals surface area contributed by atoms with Gasteiger partial charge in [0.05, 0.1) is 12.5 Å². The van der Waals surface area contributed by atoms with Crippen LogP contribution in [0, 0.1) is 5.82 Å². The summed E-state index contributed by atoms with van der Waals surface area (Å²) in [6, 6.07) is 11.0. The minimum atomic E-state index is -0.895. The first-order chi connectivity index (χ1) is 10.5. The minimum absolute atomic E-state index is 0.242. The average Bonchev–Trinajstić information content (AvgIpc) is 2.83. The second-order valence-corrected chi connectivity index (χ2v) is 5.34. The molecule has 0 bridgehead atoms. The highest BCUT2D eigenvalue weighted by molar-refractivity contribution is 6.10. The van der Waals surface area contributed by atoms with Crippen molar-refractivity contribution in [2.24, 2.45) is 0 Å². The molecule has 0 spiro atoms. The predicted molar refractivity (Wildman–Crippen MR) is 79.4 cm³/mol. The molecule has 4 nitrogen and oxygen atoms in total. The van der Waals surface area contributed by atoms with Crippen molar-refractivity contribution < 1.29 is 19.1 Å². The van der Waals surface area contributed by atoms with Crippen molar-refractivity contribution in [2.75, 3.05) is 4.90 Å². The van der Waals surface area contributed by atoms with Gasteiger partial charge in [0.25, 0.3) is 5.91 Å². The second-order valence-electron chi connectivity index (χ2n) is 5.34. The number of carboxylic acids is 1. The molecule has 0 radical (unpaired) electrons. The Hall–Kier alpha value is -2.69. The molecular weight excluding hydrogens is 285 g/mol. The fourth-order valence-electron chi connectivity index (χ4n) is 2.57. The largest absolute Gasteiger partial charge is 0.481 e. The molecule has 1 atom stereocenters. The zero-order chi connectivity index (χ0) is 15.9. The lowest BCUT2D eigenvalue weighted by Crippen LogP contribution is -2.23. The Morgan fingerprint density at radius 1 is 1.23 bits per heavy atom. The van der Waals surface area contributed by atoms with Crippen LogP contribution in [0.2, 0.25) is 0 Å². The van der Waals surface area contributed by atoms with Crippen LogP contribution in [-0.4, -0.2) is 17.0 Å². The van der Waals surface area contributed by atoms with Crippen LogP contribution in [0.15, 0.2) is 42.5 Å². The first-order valence-electron chi connectivity index (χ1n) is 6.90. The van der Waals surface area contributed by atoms with Crippen LogP contribution in [0.5, 0.6) is 0 Å².